The number of rotatable bonds is 7. The van der Waals surface area contributed by atoms with E-state index in [9.17, 15) is 5.26 Å². The van der Waals surface area contributed by atoms with E-state index in [1.165, 1.54) is 27.8 Å². The van der Waals surface area contributed by atoms with E-state index in [1.54, 1.807) is 0 Å². The topological polar surface area (TPSA) is 35.8 Å². The quantitative estimate of drug-likeness (QED) is 0.314. The fraction of sp³-hybridized carbons (Fsp3) is 0.167. The minimum atomic E-state index is -0.387. The summed E-state index contributed by atoms with van der Waals surface area (Å²) in [5.41, 5.74) is 7.80. The van der Waals surface area contributed by atoms with Crippen LogP contribution in [0, 0.1) is 25.2 Å². The van der Waals surface area contributed by atoms with Gasteiger partial charge in [0.2, 0.25) is 0 Å². The van der Waals surface area contributed by atoms with Crippen LogP contribution in [-0.2, 0) is 5.41 Å². The summed E-state index contributed by atoms with van der Waals surface area (Å²) in [5, 5.41) is 13.0. The number of hydrogen-bond donors (Lipinski definition) is 1. The van der Waals surface area contributed by atoms with Crippen molar-refractivity contribution in [1.29, 1.82) is 5.26 Å². The minimum absolute atomic E-state index is 0.387. The second-order valence-electron chi connectivity index (χ2n) is 8.36. The molecule has 32 heavy (non-hydrogen) atoms. The van der Waals surface area contributed by atoms with Crippen LogP contribution in [-0.4, -0.2) is 0 Å². The second-order valence-corrected chi connectivity index (χ2v) is 8.36. The number of aryl methyl sites for hydroxylation is 2. The van der Waals surface area contributed by atoms with Crippen LogP contribution in [0.5, 0.6) is 0 Å². The summed E-state index contributed by atoms with van der Waals surface area (Å²) in [6.07, 6.45) is 1.20. The van der Waals surface area contributed by atoms with Gasteiger partial charge < -0.3 is 5.32 Å². The maximum atomic E-state index is 9.51. The van der Waals surface area contributed by atoms with Crippen molar-refractivity contribution in [3.63, 3.8) is 0 Å². The summed E-state index contributed by atoms with van der Waals surface area (Å²) in [7, 11) is 0. The Kier molecular flexibility index (Phi) is 6.38. The van der Waals surface area contributed by atoms with Crippen LogP contribution < -0.4 is 5.32 Å². The maximum Gasteiger partial charge on any atom is 0.0622 e. The number of anilines is 2. The Bertz CT molecular complexity index is 1140. The predicted molar refractivity (Wildman–Crippen MR) is 133 cm³/mol. The molecule has 0 aromatic heterocycles. The van der Waals surface area contributed by atoms with Crippen LogP contribution in [0.15, 0.2) is 103 Å². The first-order chi connectivity index (χ1) is 15.6. The molecule has 2 heteroatoms. The van der Waals surface area contributed by atoms with E-state index in [-0.39, 0.29) is 5.41 Å². The van der Waals surface area contributed by atoms with Crippen molar-refractivity contribution < 1.29 is 0 Å². The summed E-state index contributed by atoms with van der Waals surface area (Å²) in [4.78, 5) is 0. The van der Waals surface area contributed by atoms with Crippen molar-refractivity contribution >= 4 is 11.4 Å². The Morgan fingerprint density at radius 3 is 1.53 bits per heavy atom. The highest BCUT2D eigenvalue weighted by atomic mass is 14.9. The summed E-state index contributed by atoms with van der Waals surface area (Å²) in [6.45, 7) is 4.22. The lowest BCUT2D eigenvalue weighted by Crippen LogP contribution is -2.29. The lowest BCUT2D eigenvalue weighted by Gasteiger charge is -2.36. The maximum absolute atomic E-state index is 9.51. The molecule has 0 amide bonds. The van der Waals surface area contributed by atoms with E-state index in [0.29, 0.717) is 6.42 Å². The Morgan fingerprint density at radius 1 is 0.625 bits per heavy atom. The zero-order valence-corrected chi connectivity index (χ0v) is 18.7. The summed E-state index contributed by atoms with van der Waals surface area (Å²) < 4.78 is 0. The number of nitrogens with zero attached hydrogens (tertiary/aromatic N) is 1. The van der Waals surface area contributed by atoms with Gasteiger partial charge in [0.15, 0.2) is 0 Å². The molecule has 1 N–H and O–H groups in total. The molecule has 4 aromatic carbocycles. The number of nitrogens with one attached hydrogen (secondary N) is 1. The van der Waals surface area contributed by atoms with Crippen molar-refractivity contribution in [2.24, 2.45) is 0 Å². The van der Waals surface area contributed by atoms with Crippen molar-refractivity contribution in [2.75, 3.05) is 5.32 Å². The van der Waals surface area contributed by atoms with Crippen LogP contribution in [0.3, 0.4) is 0 Å². The minimum Gasteiger partial charge on any atom is -0.356 e. The predicted octanol–water partition coefficient (Wildman–Crippen LogP) is 7.69. The van der Waals surface area contributed by atoms with Crippen LogP contribution in [0.4, 0.5) is 11.4 Å². The number of hydrogen-bond acceptors (Lipinski definition) is 2. The number of para-hydroxylation sites is 1. The molecule has 2 nitrogen and oxygen atoms in total. The molecule has 4 rings (SSSR count). The average molecular weight is 417 g/mol. The van der Waals surface area contributed by atoms with Crippen LogP contribution in [0.25, 0.3) is 0 Å². The van der Waals surface area contributed by atoms with Crippen LogP contribution in [0.1, 0.15) is 40.7 Å². The molecular weight excluding hydrogens is 388 g/mol. The van der Waals surface area contributed by atoms with Gasteiger partial charge in [0.1, 0.15) is 0 Å². The third kappa shape index (κ3) is 4.43. The molecule has 0 aliphatic carbocycles. The van der Waals surface area contributed by atoms with Gasteiger partial charge in [-0.15, -0.1) is 0 Å². The highest BCUT2D eigenvalue weighted by Crippen LogP contribution is 2.43. The summed E-state index contributed by atoms with van der Waals surface area (Å²) in [6, 6.07) is 38.7. The average Bonchev–Trinajstić information content (AvgIpc) is 2.83. The summed E-state index contributed by atoms with van der Waals surface area (Å²) >= 11 is 0. The smallest absolute Gasteiger partial charge is 0.0622 e. The Morgan fingerprint density at radius 2 is 1.06 bits per heavy atom. The fourth-order valence-corrected chi connectivity index (χ4v) is 4.38. The van der Waals surface area contributed by atoms with Crippen LogP contribution >= 0.6 is 0 Å². The molecule has 0 bridgehead atoms. The number of benzene rings is 4. The normalized spacial score (nSPS) is 11.0. The van der Waals surface area contributed by atoms with E-state index in [4.69, 9.17) is 0 Å². The van der Waals surface area contributed by atoms with E-state index in [1.807, 2.05) is 18.2 Å². The second kappa shape index (κ2) is 9.54. The van der Waals surface area contributed by atoms with E-state index < -0.39 is 0 Å². The lowest BCUT2D eigenvalue weighted by molar-refractivity contribution is 0.569. The van der Waals surface area contributed by atoms with Gasteiger partial charge in [0.25, 0.3) is 0 Å². The van der Waals surface area contributed by atoms with Gasteiger partial charge in [-0.1, -0.05) is 90.0 Å². The summed E-state index contributed by atoms with van der Waals surface area (Å²) in [5.74, 6) is 0. The molecule has 0 saturated carbocycles. The first-order valence-electron chi connectivity index (χ1n) is 11.1. The van der Waals surface area contributed by atoms with Gasteiger partial charge in [-0.3, -0.25) is 0 Å². The van der Waals surface area contributed by atoms with Gasteiger partial charge in [-0.25, -0.2) is 0 Å². The van der Waals surface area contributed by atoms with Gasteiger partial charge in [0, 0.05) is 23.2 Å². The van der Waals surface area contributed by atoms with E-state index in [0.717, 1.165) is 17.8 Å². The lowest BCUT2D eigenvalue weighted by atomic mass is 9.66. The molecule has 0 aliphatic rings. The van der Waals surface area contributed by atoms with Crippen molar-refractivity contribution in [3.05, 3.63) is 131 Å². The van der Waals surface area contributed by atoms with E-state index in [2.05, 4.69) is 110 Å². The molecule has 0 atom stereocenters. The van der Waals surface area contributed by atoms with Gasteiger partial charge in [-0.05, 0) is 61.2 Å². The molecule has 0 spiro atoms. The number of nitriles is 1. The molecule has 0 radical (unpaired) electrons. The molecule has 0 heterocycles. The molecule has 158 valence electrons. The molecule has 0 aliphatic heterocycles. The first kappa shape index (κ1) is 21.4. The third-order valence-electron chi connectivity index (χ3n) is 6.14. The molecular formula is C30H28N2. The zero-order valence-electron chi connectivity index (χ0n) is 18.7. The van der Waals surface area contributed by atoms with Gasteiger partial charge in [-0.2, -0.15) is 5.26 Å². The zero-order chi connectivity index (χ0) is 22.4. The van der Waals surface area contributed by atoms with Gasteiger partial charge in [0.05, 0.1) is 6.07 Å². The van der Waals surface area contributed by atoms with Gasteiger partial charge >= 0.3 is 0 Å². The van der Waals surface area contributed by atoms with Crippen molar-refractivity contribution in [2.45, 2.75) is 32.1 Å². The Labute approximate surface area is 191 Å². The molecule has 0 saturated heterocycles. The largest absolute Gasteiger partial charge is 0.356 e. The monoisotopic (exact) mass is 416 g/mol. The molecule has 0 fully saturated rings. The SMILES string of the molecule is Cc1ccc(C(CCC#N)(c2ccc(C)cc2)c2ccc(Nc3ccccc3)cc2)cc1. The highest BCUT2D eigenvalue weighted by molar-refractivity contribution is 5.61. The van der Waals surface area contributed by atoms with Crippen LogP contribution in [0.2, 0.25) is 0 Å². The highest BCUT2D eigenvalue weighted by Gasteiger charge is 2.36. The standard InChI is InChI=1S/C30H28N2/c1-23-9-13-25(14-10-23)30(21-6-22-31,26-15-11-24(2)12-16-26)27-17-19-29(20-18-27)32-28-7-4-3-5-8-28/h3-5,7-20,32H,6,21H2,1-2H3. The Hall–Kier alpha value is -3.83. The molecule has 0 unspecified atom stereocenters. The fourth-order valence-electron chi connectivity index (χ4n) is 4.38. The van der Waals surface area contributed by atoms with E-state index >= 15 is 0 Å². The first-order valence-corrected chi connectivity index (χ1v) is 11.1. The van der Waals surface area contributed by atoms with Crippen molar-refractivity contribution in [3.8, 4) is 6.07 Å². The Balaban J connectivity index is 1.83. The third-order valence-corrected chi connectivity index (χ3v) is 6.14. The molecule has 4 aromatic rings. The van der Waals surface area contributed by atoms with Crippen molar-refractivity contribution in [1.82, 2.24) is 0 Å².